The molecule has 0 unspecified atom stereocenters. The summed E-state index contributed by atoms with van der Waals surface area (Å²) in [6.07, 6.45) is 7.20. The predicted octanol–water partition coefficient (Wildman–Crippen LogP) is 3.49. The number of aliphatic hydroxyl groups excluding tert-OH is 1. The summed E-state index contributed by atoms with van der Waals surface area (Å²) >= 11 is 0. The lowest BCUT2D eigenvalue weighted by Crippen LogP contribution is -2.33. The lowest BCUT2D eigenvalue weighted by molar-refractivity contribution is 0.181. The summed E-state index contributed by atoms with van der Waals surface area (Å²) in [5.74, 6) is 2.44. The number of fused-ring (bicyclic) bond motifs is 1. The average Bonchev–Trinajstić information content (AvgIpc) is 3.39. The number of nitrogens with zero attached hydrogens (tertiary/aromatic N) is 1. The fourth-order valence-electron chi connectivity index (χ4n) is 4.29. The third kappa shape index (κ3) is 3.12. The Morgan fingerprint density at radius 3 is 2.76 bits per heavy atom. The van der Waals surface area contributed by atoms with E-state index in [4.69, 9.17) is 9.47 Å². The van der Waals surface area contributed by atoms with Gasteiger partial charge >= 0.3 is 0 Å². The van der Waals surface area contributed by atoms with Gasteiger partial charge in [0.1, 0.15) is 0 Å². The van der Waals surface area contributed by atoms with Crippen molar-refractivity contribution in [2.75, 3.05) is 26.8 Å². The molecule has 1 saturated carbocycles. The van der Waals surface area contributed by atoms with E-state index in [-0.39, 0.29) is 11.5 Å². The number of likely N-dealkylation sites (N-methyl/N-ethyl adjacent to an activating group) is 1. The van der Waals surface area contributed by atoms with Crippen molar-refractivity contribution in [2.45, 2.75) is 50.5 Å². The quantitative estimate of drug-likeness (QED) is 0.859. The van der Waals surface area contributed by atoms with Crippen LogP contribution in [0.3, 0.4) is 0 Å². The molecule has 0 aromatic heterocycles. The molecule has 0 radical (unpaired) electrons. The average molecular weight is 343 g/mol. The Labute approximate surface area is 150 Å². The Kier molecular flexibility index (Phi) is 4.40. The van der Waals surface area contributed by atoms with Crippen LogP contribution < -0.4 is 9.47 Å². The molecule has 0 bridgehead atoms. The molecule has 1 aliphatic heterocycles. The van der Waals surface area contributed by atoms with Gasteiger partial charge in [0.15, 0.2) is 11.5 Å². The number of hydrogen-bond acceptors (Lipinski definition) is 4. The maximum absolute atomic E-state index is 10.1. The first kappa shape index (κ1) is 16.8. The monoisotopic (exact) mass is 343 g/mol. The molecule has 0 amide bonds. The van der Waals surface area contributed by atoms with Gasteiger partial charge in [0, 0.05) is 24.7 Å². The normalized spacial score (nSPS) is 28.5. The van der Waals surface area contributed by atoms with Crippen molar-refractivity contribution in [1.82, 2.24) is 4.90 Å². The van der Waals surface area contributed by atoms with Crippen molar-refractivity contribution in [3.63, 3.8) is 0 Å². The Hall–Kier alpha value is -1.68. The second kappa shape index (κ2) is 6.56. The molecule has 1 saturated heterocycles. The third-order valence-electron chi connectivity index (χ3n) is 5.96. The van der Waals surface area contributed by atoms with Crippen LogP contribution in [0.25, 0.3) is 0 Å². The minimum absolute atomic E-state index is 0.0103. The second-order valence-electron chi connectivity index (χ2n) is 7.76. The van der Waals surface area contributed by atoms with Gasteiger partial charge in [0.05, 0.1) is 19.3 Å². The third-order valence-corrected chi connectivity index (χ3v) is 5.96. The number of ether oxygens (including phenoxy) is 2. The largest absolute Gasteiger partial charge is 0.490 e. The zero-order valence-corrected chi connectivity index (χ0v) is 15.3. The molecule has 1 N–H and O–H groups in total. The molecular weight excluding hydrogens is 314 g/mol. The molecular formula is C21H29NO3. The standard InChI is InChI=1S/C21H29NO3/c1-3-24-18-7-6-16(12-19(18)25-14-15-4-5-15)21-9-8-17(23)13-20(21)22(2)11-10-21/h6-7,12-13,15,17,23H,3-5,8-11,14H2,1-2H3/t17-,21-/m0/s1. The zero-order chi connectivity index (χ0) is 17.4. The van der Waals surface area contributed by atoms with Crippen LogP contribution in [0.2, 0.25) is 0 Å². The van der Waals surface area contributed by atoms with Crippen LogP contribution in [-0.4, -0.2) is 42.9 Å². The van der Waals surface area contributed by atoms with E-state index in [0.29, 0.717) is 12.5 Å². The van der Waals surface area contributed by atoms with Gasteiger partial charge in [-0.2, -0.15) is 0 Å². The van der Waals surface area contributed by atoms with E-state index in [2.05, 4.69) is 36.2 Å². The molecule has 136 valence electrons. The first-order valence-corrected chi connectivity index (χ1v) is 9.64. The van der Waals surface area contributed by atoms with Crippen LogP contribution in [0.15, 0.2) is 30.0 Å². The van der Waals surface area contributed by atoms with Crippen LogP contribution in [0.1, 0.15) is 44.6 Å². The van der Waals surface area contributed by atoms with E-state index in [1.807, 2.05) is 6.92 Å². The molecule has 0 spiro atoms. The van der Waals surface area contributed by atoms with Crippen molar-refractivity contribution >= 4 is 0 Å². The minimum Gasteiger partial charge on any atom is -0.490 e. The van der Waals surface area contributed by atoms with Gasteiger partial charge in [-0.25, -0.2) is 0 Å². The fraction of sp³-hybridized carbons (Fsp3) is 0.619. The van der Waals surface area contributed by atoms with Gasteiger partial charge in [0.25, 0.3) is 0 Å². The lowest BCUT2D eigenvalue weighted by atomic mass is 9.70. The number of hydrogen-bond donors (Lipinski definition) is 1. The SMILES string of the molecule is CCOc1ccc([C@@]23CC[C@H](O)C=C2N(C)CC3)cc1OCC1CC1. The summed E-state index contributed by atoms with van der Waals surface area (Å²) in [6, 6.07) is 6.45. The van der Waals surface area contributed by atoms with Gasteiger partial charge in [-0.05, 0) is 68.7 Å². The second-order valence-corrected chi connectivity index (χ2v) is 7.76. The molecule has 1 aromatic carbocycles. The highest BCUT2D eigenvalue weighted by atomic mass is 16.5. The van der Waals surface area contributed by atoms with Crippen molar-refractivity contribution in [2.24, 2.45) is 5.92 Å². The topological polar surface area (TPSA) is 41.9 Å². The molecule has 4 nitrogen and oxygen atoms in total. The van der Waals surface area contributed by atoms with Crippen molar-refractivity contribution in [1.29, 1.82) is 0 Å². The van der Waals surface area contributed by atoms with E-state index >= 15 is 0 Å². The predicted molar refractivity (Wildman–Crippen MR) is 98.1 cm³/mol. The highest BCUT2D eigenvalue weighted by Gasteiger charge is 2.45. The summed E-state index contributed by atoms with van der Waals surface area (Å²) in [5.41, 5.74) is 2.57. The molecule has 4 heteroatoms. The van der Waals surface area contributed by atoms with E-state index in [9.17, 15) is 5.11 Å². The Balaban J connectivity index is 1.69. The molecule has 1 aromatic rings. The molecule has 2 fully saturated rings. The van der Waals surface area contributed by atoms with Crippen LogP contribution >= 0.6 is 0 Å². The Bertz CT molecular complexity index is 667. The van der Waals surface area contributed by atoms with Crippen molar-refractivity contribution in [3.8, 4) is 11.5 Å². The lowest BCUT2D eigenvalue weighted by Gasteiger charge is -2.37. The highest BCUT2D eigenvalue weighted by Crippen LogP contribution is 2.50. The van der Waals surface area contributed by atoms with Crippen molar-refractivity contribution in [3.05, 3.63) is 35.5 Å². The minimum atomic E-state index is -0.322. The van der Waals surface area contributed by atoms with Gasteiger partial charge in [-0.1, -0.05) is 6.07 Å². The summed E-state index contributed by atoms with van der Waals surface area (Å²) < 4.78 is 11.9. The molecule has 2 aliphatic carbocycles. The van der Waals surface area contributed by atoms with Gasteiger partial charge < -0.3 is 19.5 Å². The number of allylic oxidation sites excluding steroid dienone is 1. The van der Waals surface area contributed by atoms with E-state index in [1.54, 1.807) is 0 Å². The van der Waals surface area contributed by atoms with Gasteiger partial charge in [0.2, 0.25) is 0 Å². The maximum Gasteiger partial charge on any atom is 0.161 e. The zero-order valence-electron chi connectivity index (χ0n) is 15.3. The molecule has 4 rings (SSSR count). The van der Waals surface area contributed by atoms with Crippen LogP contribution in [0.5, 0.6) is 11.5 Å². The Morgan fingerprint density at radius 1 is 1.16 bits per heavy atom. The molecule has 1 heterocycles. The smallest absolute Gasteiger partial charge is 0.161 e. The van der Waals surface area contributed by atoms with Crippen LogP contribution in [0.4, 0.5) is 0 Å². The van der Waals surface area contributed by atoms with Crippen molar-refractivity contribution < 1.29 is 14.6 Å². The number of aliphatic hydroxyl groups is 1. The summed E-state index contributed by atoms with van der Waals surface area (Å²) in [7, 11) is 2.13. The summed E-state index contributed by atoms with van der Waals surface area (Å²) in [4.78, 5) is 2.30. The van der Waals surface area contributed by atoms with Crippen LogP contribution in [-0.2, 0) is 5.41 Å². The molecule has 2 atom stereocenters. The summed E-state index contributed by atoms with van der Waals surface area (Å²) in [6.45, 7) is 4.47. The van der Waals surface area contributed by atoms with E-state index in [0.717, 1.165) is 43.9 Å². The Morgan fingerprint density at radius 2 is 2.00 bits per heavy atom. The first-order chi connectivity index (χ1) is 12.1. The molecule has 25 heavy (non-hydrogen) atoms. The number of likely N-dealkylation sites (tertiary alicyclic amines) is 1. The number of rotatable bonds is 6. The number of benzene rings is 1. The van der Waals surface area contributed by atoms with E-state index in [1.165, 1.54) is 24.1 Å². The summed E-state index contributed by atoms with van der Waals surface area (Å²) in [5, 5.41) is 10.1. The van der Waals surface area contributed by atoms with Crippen LogP contribution in [0, 0.1) is 5.92 Å². The van der Waals surface area contributed by atoms with E-state index < -0.39 is 0 Å². The van der Waals surface area contributed by atoms with Gasteiger partial charge in [-0.15, -0.1) is 0 Å². The molecule has 3 aliphatic rings. The van der Waals surface area contributed by atoms with Gasteiger partial charge in [-0.3, -0.25) is 0 Å². The maximum atomic E-state index is 10.1. The highest BCUT2D eigenvalue weighted by molar-refractivity contribution is 5.49. The first-order valence-electron chi connectivity index (χ1n) is 9.64. The fourth-order valence-corrected chi connectivity index (χ4v) is 4.29.